The highest BCUT2D eigenvalue weighted by Crippen LogP contribution is 2.36. The van der Waals surface area contributed by atoms with Gasteiger partial charge in [0.15, 0.2) is 0 Å². The van der Waals surface area contributed by atoms with Gasteiger partial charge in [0.05, 0.1) is 0 Å². The van der Waals surface area contributed by atoms with E-state index in [1.807, 2.05) is 0 Å². The maximum Gasteiger partial charge on any atom is 0.0456 e. The Balaban J connectivity index is 1.67. The molecule has 0 aromatic heterocycles. The van der Waals surface area contributed by atoms with Gasteiger partial charge in [0.25, 0.3) is 0 Å². The summed E-state index contributed by atoms with van der Waals surface area (Å²) in [5, 5.41) is 3.66. The highest BCUT2D eigenvalue weighted by atomic mass is 15.2. The lowest BCUT2D eigenvalue weighted by atomic mass is 10.1. The predicted molar refractivity (Wildman–Crippen MR) is 88.2 cm³/mol. The Kier molecular flexibility index (Phi) is 3.19. The van der Waals surface area contributed by atoms with E-state index in [1.165, 1.54) is 40.9 Å². The molecule has 0 spiro atoms. The number of fused-ring (bicyclic) bond motifs is 1. The first-order chi connectivity index (χ1) is 10.3. The van der Waals surface area contributed by atoms with E-state index in [-0.39, 0.29) is 0 Å². The molecule has 0 unspecified atom stereocenters. The van der Waals surface area contributed by atoms with Crippen LogP contribution in [-0.4, -0.2) is 12.6 Å². The van der Waals surface area contributed by atoms with Crippen LogP contribution in [0.4, 0.5) is 11.4 Å². The van der Waals surface area contributed by atoms with Crippen LogP contribution in [0.25, 0.3) is 0 Å². The second-order valence-electron chi connectivity index (χ2n) is 6.32. The van der Waals surface area contributed by atoms with Gasteiger partial charge < -0.3 is 10.2 Å². The van der Waals surface area contributed by atoms with E-state index in [9.17, 15) is 0 Å². The van der Waals surface area contributed by atoms with E-state index in [4.69, 9.17) is 0 Å². The van der Waals surface area contributed by atoms with Gasteiger partial charge in [0.2, 0.25) is 0 Å². The molecular weight excluding hydrogens is 256 g/mol. The van der Waals surface area contributed by atoms with Crippen molar-refractivity contribution in [3.8, 4) is 0 Å². The Bertz CT molecular complexity index is 658. The number of nitrogens with zero attached hydrogens (tertiary/aromatic N) is 1. The number of aryl methyl sites for hydroxylation is 1. The van der Waals surface area contributed by atoms with Crippen LogP contribution in [-0.2, 0) is 13.0 Å². The number of nitrogens with one attached hydrogen (secondary N) is 1. The van der Waals surface area contributed by atoms with Crippen LogP contribution >= 0.6 is 0 Å². The third-order valence-corrected chi connectivity index (χ3v) is 4.57. The summed E-state index contributed by atoms with van der Waals surface area (Å²) in [6, 6.07) is 16.4. The molecule has 1 heterocycles. The van der Waals surface area contributed by atoms with Crippen molar-refractivity contribution < 1.29 is 0 Å². The molecule has 0 saturated heterocycles. The van der Waals surface area contributed by atoms with Crippen LogP contribution < -0.4 is 10.2 Å². The lowest BCUT2D eigenvalue weighted by molar-refractivity contribution is 0.686. The van der Waals surface area contributed by atoms with Crippen molar-refractivity contribution in [1.82, 2.24) is 5.32 Å². The zero-order valence-electron chi connectivity index (χ0n) is 12.6. The van der Waals surface area contributed by atoms with E-state index < -0.39 is 0 Å². The number of rotatable bonds is 4. The van der Waals surface area contributed by atoms with E-state index in [1.54, 1.807) is 0 Å². The van der Waals surface area contributed by atoms with Crippen LogP contribution in [0.2, 0.25) is 0 Å². The Morgan fingerprint density at radius 1 is 1.10 bits per heavy atom. The van der Waals surface area contributed by atoms with Crippen molar-refractivity contribution in [3.05, 3.63) is 59.2 Å². The Morgan fingerprint density at radius 2 is 1.95 bits per heavy atom. The lowest BCUT2D eigenvalue weighted by Crippen LogP contribution is -2.20. The van der Waals surface area contributed by atoms with Gasteiger partial charge >= 0.3 is 0 Å². The summed E-state index contributed by atoms with van der Waals surface area (Å²) in [7, 11) is 0. The molecule has 2 nitrogen and oxygen atoms in total. The molecule has 1 fully saturated rings. The maximum atomic E-state index is 3.66. The zero-order valence-corrected chi connectivity index (χ0v) is 12.6. The Morgan fingerprint density at radius 3 is 2.81 bits per heavy atom. The average Bonchev–Trinajstić information content (AvgIpc) is 3.24. The van der Waals surface area contributed by atoms with Gasteiger partial charge in [-0.1, -0.05) is 35.9 Å². The fourth-order valence-electron chi connectivity index (χ4n) is 3.25. The Hall–Kier alpha value is -1.80. The van der Waals surface area contributed by atoms with Gasteiger partial charge in [0, 0.05) is 30.5 Å². The maximum absolute atomic E-state index is 3.66. The second kappa shape index (κ2) is 5.19. The molecule has 0 amide bonds. The minimum Gasteiger partial charge on any atom is -0.341 e. The first-order valence-electron chi connectivity index (χ1n) is 7.99. The zero-order chi connectivity index (χ0) is 14.2. The predicted octanol–water partition coefficient (Wildman–Crippen LogP) is 3.94. The SMILES string of the molecule is Cc1ccc(N2CCc3ccccc32)c(CNC2CC2)c1. The molecular formula is C19H22N2. The normalized spacial score (nSPS) is 17.1. The molecule has 2 aliphatic rings. The van der Waals surface area contributed by atoms with E-state index >= 15 is 0 Å². The van der Waals surface area contributed by atoms with E-state index in [0.29, 0.717) is 0 Å². The first-order valence-corrected chi connectivity index (χ1v) is 7.99. The molecule has 2 aromatic carbocycles. The molecule has 0 atom stereocenters. The van der Waals surface area contributed by atoms with Crippen LogP contribution in [0.5, 0.6) is 0 Å². The van der Waals surface area contributed by atoms with Crippen LogP contribution in [0.3, 0.4) is 0 Å². The molecule has 4 rings (SSSR count). The highest BCUT2D eigenvalue weighted by Gasteiger charge is 2.24. The molecule has 2 aromatic rings. The van der Waals surface area contributed by atoms with E-state index in [2.05, 4.69) is 59.6 Å². The summed E-state index contributed by atoms with van der Waals surface area (Å²) < 4.78 is 0. The van der Waals surface area contributed by atoms with Crippen molar-refractivity contribution in [3.63, 3.8) is 0 Å². The molecule has 0 radical (unpaired) electrons. The van der Waals surface area contributed by atoms with Crippen molar-refractivity contribution >= 4 is 11.4 Å². The molecule has 0 bridgehead atoms. The monoisotopic (exact) mass is 278 g/mol. The number of hydrogen-bond donors (Lipinski definition) is 1. The van der Waals surface area contributed by atoms with Gasteiger partial charge in [-0.15, -0.1) is 0 Å². The fraction of sp³-hybridized carbons (Fsp3) is 0.368. The third kappa shape index (κ3) is 2.56. The topological polar surface area (TPSA) is 15.3 Å². The lowest BCUT2D eigenvalue weighted by Gasteiger charge is -2.23. The molecule has 2 heteroatoms. The van der Waals surface area contributed by atoms with Gasteiger partial charge in [0.1, 0.15) is 0 Å². The standard InChI is InChI=1S/C19H22N2/c1-14-6-9-19(16(12-14)13-20-17-7-8-17)21-11-10-15-4-2-3-5-18(15)21/h2-6,9,12,17,20H,7-8,10-11,13H2,1H3. The smallest absolute Gasteiger partial charge is 0.0456 e. The number of para-hydroxylation sites is 1. The fourth-order valence-corrected chi connectivity index (χ4v) is 3.25. The van der Waals surface area contributed by atoms with Gasteiger partial charge in [-0.25, -0.2) is 0 Å². The quantitative estimate of drug-likeness (QED) is 0.911. The number of benzene rings is 2. The average molecular weight is 278 g/mol. The molecule has 1 aliphatic heterocycles. The summed E-state index contributed by atoms with van der Waals surface area (Å²) in [6.07, 6.45) is 3.83. The summed E-state index contributed by atoms with van der Waals surface area (Å²) in [5.41, 5.74) is 7.00. The molecule has 1 saturated carbocycles. The molecule has 21 heavy (non-hydrogen) atoms. The minimum absolute atomic E-state index is 0.754. The molecule has 108 valence electrons. The first kappa shape index (κ1) is 12.9. The van der Waals surface area contributed by atoms with Gasteiger partial charge in [-0.05, 0) is 49.4 Å². The second-order valence-corrected chi connectivity index (χ2v) is 6.32. The van der Waals surface area contributed by atoms with Crippen molar-refractivity contribution in [2.75, 3.05) is 11.4 Å². The summed E-state index contributed by atoms with van der Waals surface area (Å²) in [4.78, 5) is 2.48. The van der Waals surface area contributed by atoms with E-state index in [0.717, 1.165) is 25.6 Å². The third-order valence-electron chi connectivity index (χ3n) is 4.57. The largest absolute Gasteiger partial charge is 0.341 e. The van der Waals surface area contributed by atoms with Crippen LogP contribution in [0, 0.1) is 6.92 Å². The Labute approximate surface area is 126 Å². The number of anilines is 2. The summed E-state index contributed by atoms with van der Waals surface area (Å²) in [5.74, 6) is 0. The molecule has 1 aliphatic carbocycles. The van der Waals surface area contributed by atoms with Gasteiger partial charge in [-0.2, -0.15) is 0 Å². The van der Waals surface area contributed by atoms with Crippen LogP contribution in [0.1, 0.15) is 29.5 Å². The highest BCUT2D eigenvalue weighted by molar-refractivity contribution is 5.72. The summed E-state index contributed by atoms with van der Waals surface area (Å²) >= 11 is 0. The van der Waals surface area contributed by atoms with Crippen molar-refractivity contribution in [2.24, 2.45) is 0 Å². The minimum atomic E-state index is 0.754. The molecule has 1 N–H and O–H groups in total. The van der Waals surface area contributed by atoms with Crippen molar-refractivity contribution in [1.29, 1.82) is 0 Å². The number of hydrogen-bond acceptors (Lipinski definition) is 2. The summed E-state index contributed by atoms with van der Waals surface area (Å²) in [6.45, 7) is 4.27. The van der Waals surface area contributed by atoms with Crippen LogP contribution in [0.15, 0.2) is 42.5 Å². The van der Waals surface area contributed by atoms with Gasteiger partial charge in [-0.3, -0.25) is 0 Å². The van der Waals surface area contributed by atoms with Crippen molar-refractivity contribution in [2.45, 2.75) is 38.8 Å².